The van der Waals surface area contributed by atoms with Crippen molar-refractivity contribution in [1.29, 1.82) is 0 Å². The second-order valence-electron chi connectivity index (χ2n) is 5.32. The fourth-order valence-electron chi connectivity index (χ4n) is 2.18. The first-order valence-electron chi connectivity index (χ1n) is 7.13. The van der Waals surface area contributed by atoms with Gasteiger partial charge in [0.15, 0.2) is 11.6 Å². The molecule has 10 heteroatoms. The molecule has 1 N–H and O–H groups in total. The number of ether oxygens (including phenoxy) is 2. The van der Waals surface area contributed by atoms with E-state index in [0.29, 0.717) is 0 Å². The van der Waals surface area contributed by atoms with E-state index in [-0.39, 0.29) is 5.75 Å². The third-order valence-electron chi connectivity index (χ3n) is 3.49. The molecule has 1 aromatic rings. The van der Waals surface area contributed by atoms with Gasteiger partial charge in [0.25, 0.3) is 5.78 Å². The summed E-state index contributed by atoms with van der Waals surface area (Å²) < 4.78 is 63.1. The number of rotatable bonds is 5. The van der Waals surface area contributed by atoms with E-state index in [0.717, 1.165) is 32.0 Å². The van der Waals surface area contributed by atoms with Gasteiger partial charge in [-0.1, -0.05) is 12.1 Å². The largest absolute Gasteiger partial charge is 0.456 e. The Balaban J connectivity index is 2.55. The maximum absolute atomic E-state index is 14.1. The van der Waals surface area contributed by atoms with Crippen LogP contribution in [0.4, 0.5) is 8.78 Å². The molecule has 0 aliphatic carbocycles. The second kappa shape index (κ2) is 6.43. The van der Waals surface area contributed by atoms with Crippen LogP contribution in [0.1, 0.15) is 26.3 Å². The van der Waals surface area contributed by atoms with Crippen LogP contribution in [0.5, 0.6) is 0 Å². The lowest BCUT2D eigenvalue weighted by Crippen LogP contribution is -2.34. The molecule has 7 nitrogen and oxygen atoms in total. The van der Waals surface area contributed by atoms with Crippen molar-refractivity contribution in [3.8, 4) is 0 Å². The molecule has 1 atom stereocenters. The number of nitrogens with one attached hydrogen (secondary N) is 1. The van der Waals surface area contributed by atoms with Crippen molar-refractivity contribution < 1.29 is 36.3 Å². The van der Waals surface area contributed by atoms with Crippen molar-refractivity contribution in [3.63, 3.8) is 0 Å². The van der Waals surface area contributed by atoms with E-state index in [4.69, 9.17) is 9.47 Å². The molecular formula is C15H15F2NO6S. The van der Waals surface area contributed by atoms with Crippen LogP contribution in [0, 0.1) is 11.6 Å². The Bertz CT molecular complexity index is 880. The minimum atomic E-state index is -3.89. The molecule has 1 heterocycles. The second-order valence-corrected chi connectivity index (χ2v) is 7.33. The molecule has 0 spiro atoms. The molecule has 136 valence electrons. The first kappa shape index (κ1) is 18.8. The van der Waals surface area contributed by atoms with Crippen LogP contribution < -0.4 is 4.72 Å². The summed E-state index contributed by atoms with van der Waals surface area (Å²) in [6.07, 6.45) is 0. The highest BCUT2D eigenvalue weighted by Crippen LogP contribution is 2.40. The number of benzene rings is 1. The monoisotopic (exact) mass is 375 g/mol. The van der Waals surface area contributed by atoms with Gasteiger partial charge < -0.3 is 9.47 Å². The molecule has 0 saturated heterocycles. The van der Waals surface area contributed by atoms with Gasteiger partial charge in [0, 0.05) is 12.5 Å². The van der Waals surface area contributed by atoms with Crippen molar-refractivity contribution in [2.45, 2.75) is 26.4 Å². The molecule has 0 amide bonds. The molecule has 0 radical (unpaired) electrons. The van der Waals surface area contributed by atoms with Gasteiger partial charge in [0.1, 0.15) is 0 Å². The summed E-state index contributed by atoms with van der Waals surface area (Å²) >= 11 is 0. The molecule has 1 aliphatic heterocycles. The Kier molecular flexibility index (Phi) is 4.85. The topological polar surface area (TPSA) is 98.8 Å². The van der Waals surface area contributed by atoms with Crippen LogP contribution >= 0.6 is 0 Å². The summed E-state index contributed by atoms with van der Waals surface area (Å²) in [4.78, 5) is 23.8. The zero-order chi connectivity index (χ0) is 19.0. The van der Waals surface area contributed by atoms with Crippen LogP contribution in [0.3, 0.4) is 0 Å². The minimum Gasteiger partial charge on any atom is -0.456 e. The molecule has 0 fully saturated rings. The summed E-state index contributed by atoms with van der Waals surface area (Å²) in [6, 6.07) is 3.12. The Morgan fingerprint density at radius 1 is 1.36 bits per heavy atom. The molecule has 2 rings (SSSR count). The highest BCUT2D eigenvalue weighted by atomic mass is 32.2. The number of ketones is 1. The van der Waals surface area contributed by atoms with Crippen LogP contribution in [0.2, 0.25) is 0 Å². The summed E-state index contributed by atoms with van der Waals surface area (Å²) in [5.74, 6) is -6.23. The van der Waals surface area contributed by atoms with E-state index in [1.165, 1.54) is 6.92 Å². The lowest BCUT2D eigenvalue weighted by molar-refractivity contribution is -0.142. The van der Waals surface area contributed by atoms with Crippen molar-refractivity contribution in [2.24, 2.45) is 0 Å². The average Bonchev–Trinajstić information content (AvgIpc) is 2.74. The maximum Gasteiger partial charge on any atom is 0.308 e. The molecule has 0 aromatic heterocycles. The standard InChI is InChI=1S/C15H15F2NO6S/c1-4-25(21,22)18-14-12(23-8(2)19)13(20)15(3,24-14)9-6-5-7-10(16)11(9)17/h5-7,18H,4H2,1-3H3. The Morgan fingerprint density at radius 3 is 2.56 bits per heavy atom. The Hall–Kier alpha value is -2.49. The fourth-order valence-corrected chi connectivity index (χ4v) is 2.74. The average molecular weight is 375 g/mol. The number of carbonyl (C=O) groups is 2. The van der Waals surface area contributed by atoms with E-state index in [1.807, 2.05) is 4.72 Å². The molecule has 0 saturated carbocycles. The van der Waals surface area contributed by atoms with E-state index in [1.54, 1.807) is 0 Å². The number of esters is 1. The number of carbonyl (C=O) groups excluding carboxylic acids is 2. The Morgan fingerprint density at radius 2 is 2.00 bits per heavy atom. The lowest BCUT2D eigenvalue weighted by Gasteiger charge is -2.24. The van der Waals surface area contributed by atoms with Crippen molar-refractivity contribution >= 4 is 21.8 Å². The first-order valence-corrected chi connectivity index (χ1v) is 8.78. The van der Waals surface area contributed by atoms with E-state index < -0.39 is 56.2 Å². The Labute approximate surface area is 142 Å². The summed E-state index contributed by atoms with van der Waals surface area (Å²) in [7, 11) is -3.89. The van der Waals surface area contributed by atoms with Gasteiger partial charge >= 0.3 is 5.97 Å². The molecule has 1 aromatic carbocycles. The number of halogens is 2. The van der Waals surface area contributed by atoms with Gasteiger partial charge in [0.2, 0.25) is 27.3 Å². The van der Waals surface area contributed by atoms with E-state index in [9.17, 15) is 26.8 Å². The van der Waals surface area contributed by atoms with Crippen LogP contribution in [-0.4, -0.2) is 25.9 Å². The lowest BCUT2D eigenvalue weighted by atomic mass is 9.91. The number of Topliss-reactive ketones (excluding diaryl/α,β-unsaturated/α-hetero) is 1. The van der Waals surface area contributed by atoms with Gasteiger partial charge in [-0.2, -0.15) is 0 Å². The smallest absolute Gasteiger partial charge is 0.308 e. The summed E-state index contributed by atoms with van der Waals surface area (Å²) in [5.41, 5.74) is -2.57. The molecule has 1 unspecified atom stereocenters. The quantitative estimate of drug-likeness (QED) is 0.782. The van der Waals surface area contributed by atoms with Gasteiger partial charge in [0.05, 0.1) is 5.75 Å². The zero-order valence-corrected chi connectivity index (χ0v) is 14.4. The number of hydrogen-bond acceptors (Lipinski definition) is 6. The predicted octanol–water partition coefficient (Wildman–Crippen LogP) is 1.45. The highest BCUT2D eigenvalue weighted by Gasteiger charge is 2.51. The van der Waals surface area contributed by atoms with Crippen LogP contribution in [0.15, 0.2) is 29.8 Å². The fraction of sp³-hybridized carbons (Fsp3) is 0.333. The van der Waals surface area contributed by atoms with Crippen molar-refractivity contribution in [3.05, 3.63) is 47.0 Å². The van der Waals surface area contributed by atoms with Gasteiger partial charge in [-0.05, 0) is 19.9 Å². The van der Waals surface area contributed by atoms with Crippen LogP contribution in [0.25, 0.3) is 0 Å². The zero-order valence-electron chi connectivity index (χ0n) is 13.6. The maximum atomic E-state index is 14.1. The van der Waals surface area contributed by atoms with Crippen molar-refractivity contribution in [1.82, 2.24) is 4.72 Å². The predicted molar refractivity (Wildman–Crippen MR) is 81.2 cm³/mol. The summed E-state index contributed by atoms with van der Waals surface area (Å²) in [6.45, 7) is 3.44. The molecular weight excluding hydrogens is 360 g/mol. The van der Waals surface area contributed by atoms with Gasteiger partial charge in [-0.15, -0.1) is 0 Å². The summed E-state index contributed by atoms with van der Waals surface area (Å²) in [5, 5.41) is 0. The SMILES string of the molecule is CCS(=O)(=O)NC1=C(OC(C)=O)C(=O)C(C)(c2cccc(F)c2F)O1. The minimum absolute atomic E-state index is 0.355. The first-order chi connectivity index (χ1) is 11.5. The molecule has 25 heavy (non-hydrogen) atoms. The van der Waals surface area contributed by atoms with E-state index in [2.05, 4.69) is 0 Å². The van der Waals surface area contributed by atoms with Crippen molar-refractivity contribution in [2.75, 3.05) is 5.75 Å². The van der Waals surface area contributed by atoms with Crippen LogP contribution in [-0.2, 0) is 34.7 Å². The molecule has 0 bridgehead atoms. The third kappa shape index (κ3) is 3.48. The van der Waals surface area contributed by atoms with Gasteiger partial charge in [-0.3, -0.25) is 14.3 Å². The highest BCUT2D eigenvalue weighted by molar-refractivity contribution is 7.89. The normalized spacial score (nSPS) is 20.4. The van der Waals surface area contributed by atoms with E-state index >= 15 is 0 Å². The number of hydrogen-bond donors (Lipinski definition) is 1. The number of sulfonamides is 1. The van der Waals surface area contributed by atoms with Gasteiger partial charge in [-0.25, -0.2) is 17.2 Å². The third-order valence-corrected chi connectivity index (χ3v) is 4.75. The molecule has 1 aliphatic rings.